The zero-order valence-corrected chi connectivity index (χ0v) is 18.1. The third kappa shape index (κ3) is 7.41. The van der Waals surface area contributed by atoms with E-state index in [9.17, 15) is 9.46 Å². The first-order chi connectivity index (χ1) is 12.9. The van der Waals surface area contributed by atoms with E-state index in [4.69, 9.17) is 23.5 Å². The van der Waals surface area contributed by atoms with Crippen molar-refractivity contribution in [3.05, 3.63) is 0 Å². The van der Waals surface area contributed by atoms with E-state index < -0.39 is 12.9 Å². The fourth-order valence-electron chi connectivity index (χ4n) is 3.36. The molecule has 2 aliphatic rings. The van der Waals surface area contributed by atoms with E-state index in [1.54, 1.807) is 14.2 Å². The van der Waals surface area contributed by atoms with Crippen molar-refractivity contribution >= 4 is 46.9 Å². The van der Waals surface area contributed by atoms with E-state index in [-0.39, 0.29) is 30.3 Å². The Morgan fingerprint density at radius 3 is 2.22 bits per heavy atom. The Bertz CT molecular complexity index is 494. The van der Waals surface area contributed by atoms with Crippen molar-refractivity contribution < 1.29 is 32.9 Å². The summed E-state index contributed by atoms with van der Waals surface area (Å²) in [4.78, 5) is 10.3. The molecule has 27 heavy (non-hydrogen) atoms. The van der Waals surface area contributed by atoms with Crippen LogP contribution in [-0.2, 0) is 28.0 Å². The van der Waals surface area contributed by atoms with Gasteiger partial charge in [-0.2, -0.15) is 0 Å². The summed E-state index contributed by atoms with van der Waals surface area (Å²) in [5.41, 5.74) is 0. The molecule has 0 amide bonds. The van der Waals surface area contributed by atoms with Gasteiger partial charge in [0.1, 0.15) is 20.4 Å². The summed E-state index contributed by atoms with van der Waals surface area (Å²) < 4.78 is 40.5. The van der Waals surface area contributed by atoms with Crippen molar-refractivity contribution in [3.8, 4) is 0 Å². The second-order valence-corrected chi connectivity index (χ2v) is 10.5. The van der Waals surface area contributed by atoms with Crippen molar-refractivity contribution in [2.24, 2.45) is 0 Å². The van der Waals surface area contributed by atoms with E-state index >= 15 is 0 Å². The van der Waals surface area contributed by atoms with Crippen LogP contribution in [0.3, 0.4) is 0 Å². The first kappa shape index (κ1) is 23.9. The molecule has 0 saturated carbocycles. The normalized spacial score (nSPS) is 35.6. The molecule has 0 aromatic heterocycles. The van der Waals surface area contributed by atoms with Gasteiger partial charge in [0.2, 0.25) is 0 Å². The number of rotatable bonds is 12. The molecule has 148 valence electrons. The minimum Gasteiger partial charge on any atom is -0.382 e. The Hall–Kier alpha value is 0.600. The second kappa shape index (κ2) is 11.7. The van der Waals surface area contributed by atoms with Crippen molar-refractivity contribution in [3.63, 3.8) is 0 Å². The molecule has 13 heteroatoms. The first-order valence-corrected chi connectivity index (χ1v) is 12.3. The highest BCUT2D eigenvalue weighted by Gasteiger charge is 2.41. The van der Waals surface area contributed by atoms with Gasteiger partial charge >= 0.3 is 6.80 Å². The molecular weight excluding hydrogens is 386 g/mol. The summed E-state index contributed by atoms with van der Waals surface area (Å²) in [6, 6.07) is -0.164. The zero-order chi connectivity index (χ0) is 19.9. The molecule has 2 aliphatic heterocycles. The van der Waals surface area contributed by atoms with E-state index in [1.807, 2.05) is 42.3 Å². The van der Waals surface area contributed by atoms with Crippen LogP contribution in [0.5, 0.6) is 0 Å². The van der Waals surface area contributed by atoms with Crippen molar-refractivity contribution in [1.82, 2.24) is 0 Å². The Kier molecular flexibility index (Phi) is 10.3. The number of ether oxygens (including phenoxy) is 4. The zero-order valence-electron chi connectivity index (χ0n) is 16.4. The van der Waals surface area contributed by atoms with Crippen LogP contribution in [0.25, 0.3) is 0 Å². The highest BCUT2D eigenvalue weighted by atomic mass is 32.7. The van der Waals surface area contributed by atoms with Crippen LogP contribution >= 0.6 is 18.2 Å². The van der Waals surface area contributed by atoms with Crippen LogP contribution in [0.1, 0.15) is 12.8 Å². The second-order valence-electron chi connectivity index (χ2n) is 6.59. The predicted molar refractivity (Wildman–Crippen MR) is 111 cm³/mol. The fourth-order valence-corrected chi connectivity index (χ4v) is 6.13. The number of hydrogen-bond donors (Lipinski definition) is 1. The molecule has 0 aliphatic carbocycles. The molecule has 0 spiro atoms. The molecule has 2 saturated heterocycles. The monoisotopic (exact) mass is 414 g/mol. The van der Waals surface area contributed by atoms with Gasteiger partial charge in [0.05, 0.1) is 39.3 Å². The van der Waals surface area contributed by atoms with Crippen molar-refractivity contribution in [2.75, 3.05) is 26.6 Å². The Labute approximate surface area is 169 Å². The van der Waals surface area contributed by atoms with Crippen LogP contribution in [0.4, 0.5) is 0 Å². The highest BCUT2D eigenvalue weighted by molar-refractivity contribution is 8.54. The Balaban J connectivity index is 1.87. The van der Waals surface area contributed by atoms with E-state index in [0.717, 1.165) is 17.8 Å². The molecule has 0 bridgehead atoms. The van der Waals surface area contributed by atoms with Crippen LogP contribution < -0.4 is 0 Å². The summed E-state index contributed by atoms with van der Waals surface area (Å²) in [7, 11) is 10.9. The van der Waals surface area contributed by atoms with Crippen molar-refractivity contribution in [2.45, 2.75) is 62.9 Å². The fraction of sp³-hybridized carbons (Fsp3) is 1.00. The SMILES string of the molecule is C[B][B]C1CC(OC)C(CSP(=O)(O)OC2CC([B][B]C)OC2COC)O1. The topological polar surface area (TPSA) is 83.5 Å². The molecular formula is C14H27B4O7PS. The molecule has 2 heterocycles. The molecule has 7 unspecified atom stereocenters. The van der Waals surface area contributed by atoms with Gasteiger partial charge in [-0.3, -0.25) is 4.52 Å². The minimum absolute atomic E-state index is 0.0274. The van der Waals surface area contributed by atoms with Gasteiger partial charge in [-0.1, -0.05) is 13.6 Å². The highest BCUT2D eigenvalue weighted by Crippen LogP contribution is 2.58. The lowest BCUT2D eigenvalue weighted by molar-refractivity contribution is -0.0118. The largest absolute Gasteiger partial charge is 0.387 e. The van der Waals surface area contributed by atoms with Crippen LogP contribution in [0.15, 0.2) is 0 Å². The lowest BCUT2D eigenvalue weighted by atomic mass is 9.38. The summed E-state index contributed by atoms with van der Waals surface area (Å²) >= 11 is 0.882. The van der Waals surface area contributed by atoms with Gasteiger partial charge in [-0.25, -0.2) is 4.57 Å². The summed E-state index contributed by atoms with van der Waals surface area (Å²) in [5, 5.41) is 0. The van der Waals surface area contributed by atoms with E-state index in [2.05, 4.69) is 0 Å². The molecule has 2 fully saturated rings. The summed E-state index contributed by atoms with van der Waals surface area (Å²) in [6.45, 7) is 0.284. The lowest BCUT2D eigenvalue weighted by Gasteiger charge is -2.23. The van der Waals surface area contributed by atoms with Crippen LogP contribution in [0.2, 0.25) is 13.6 Å². The summed E-state index contributed by atoms with van der Waals surface area (Å²) in [6.07, 6.45) is 0.0383. The minimum atomic E-state index is -3.87. The van der Waals surface area contributed by atoms with Gasteiger partial charge in [0.15, 0.2) is 0 Å². The van der Waals surface area contributed by atoms with E-state index in [0.29, 0.717) is 18.8 Å². The molecule has 2 rings (SSSR count). The van der Waals surface area contributed by atoms with Gasteiger partial charge in [0, 0.05) is 32.0 Å². The third-order valence-corrected chi connectivity index (χ3v) is 7.60. The molecule has 0 aromatic carbocycles. The molecule has 4 radical (unpaired) electrons. The Morgan fingerprint density at radius 1 is 1.07 bits per heavy atom. The van der Waals surface area contributed by atoms with Gasteiger partial charge in [-0.05, 0) is 24.2 Å². The van der Waals surface area contributed by atoms with Gasteiger partial charge in [-0.15, -0.1) is 0 Å². The predicted octanol–water partition coefficient (Wildman–Crippen LogP) is 0.840. The number of methoxy groups -OCH3 is 2. The maximum absolute atomic E-state index is 12.6. The molecule has 1 N–H and O–H groups in total. The van der Waals surface area contributed by atoms with Crippen molar-refractivity contribution in [1.29, 1.82) is 0 Å². The van der Waals surface area contributed by atoms with Crippen LogP contribution in [-0.4, -0.2) is 96.6 Å². The Morgan fingerprint density at radius 2 is 1.67 bits per heavy atom. The third-order valence-electron chi connectivity index (χ3n) is 4.58. The quantitative estimate of drug-likeness (QED) is 0.372. The van der Waals surface area contributed by atoms with Crippen LogP contribution in [0, 0.1) is 0 Å². The van der Waals surface area contributed by atoms with Gasteiger partial charge in [0.25, 0.3) is 0 Å². The maximum atomic E-state index is 12.6. The first-order valence-electron chi connectivity index (χ1n) is 9.16. The van der Waals surface area contributed by atoms with E-state index in [1.165, 1.54) is 0 Å². The standard InChI is InChI=1S/C14H27B4O7PS/c1-15-17-13-5-9(22-4)12(24-13)8-27-26(19,20)25-10-6-14(18-16-2)23-11(10)7-21-3/h9-14H,5-8H2,1-4H3,(H,19,20). The number of hydrogen-bond acceptors (Lipinski definition) is 7. The molecule has 0 aromatic rings. The average Bonchev–Trinajstić information content (AvgIpc) is 3.17. The van der Waals surface area contributed by atoms with Gasteiger partial charge < -0.3 is 23.8 Å². The summed E-state index contributed by atoms with van der Waals surface area (Å²) in [5.74, 6) is 0.321. The average molecular weight is 414 g/mol. The maximum Gasteiger partial charge on any atom is 0.387 e. The molecule has 7 nitrogen and oxygen atoms in total. The molecule has 7 atom stereocenters. The smallest absolute Gasteiger partial charge is 0.382 e. The lowest BCUT2D eigenvalue weighted by Crippen LogP contribution is -2.28.